The molecule has 2 aromatic carbocycles. The van der Waals surface area contributed by atoms with Crippen molar-refractivity contribution in [1.82, 2.24) is 4.90 Å². The van der Waals surface area contributed by atoms with Gasteiger partial charge in [0.15, 0.2) is 0 Å². The Hall–Kier alpha value is -2.13. The number of hydrogen-bond donors (Lipinski definition) is 1. The number of nitrogens with two attached hydrogens (primary N) is 1. The number of likely N-dealkylation sites (tertiary alicyclic amines) is 1. The molecule has 0 atom stereocenters. The molecule has 0 spiro atoms. The Morgan fingerprint density at radius 1 is 1.00 bits per heavy atom. The number of carbonyl (C=O) groups is 1. The maximum absolute atomic E-state index is 12.4. The summed E-state index contributed by atoms with van der Waals surface area (Å²) in [5.74, 6) is 0.836. The highest BCUT2D eigenvalue weighted by atomic mass is 16.2. The number of hydrogen-bond acceptors (Lipinski definition) is 2. The lowest BCUT2D eigenvalue weighted by Crippen LogP contribution is -2.38. The van der Waals surface area contributed by atoms with Gasteiger partial charge in [0.25, 0.3) is 0 Å². The first-order chi connectivity index (χ1) is 11.8. The molecule has 0 aliphatic carbocycles. The summed E-state index contributed by atoms with van der Waals surface area (Å²) in [6.45, 7) is 2.32. The third-order valence-electron chi connectivity index (χ3n) is 4.98. The van der Waals surface area contributed by atoms with Crippen molar-refractivity contribution in [1.29, 1.82) is 0 Å². The van der Waals surface area contributed by atoms with Gasteiger partial charge >= 0.3 is 0 Å². The molecular formula is C21H26N2O. The van der Waals surface area contributed by atoms with E-state index in [2.05, 4.69) is 36.4 Å². The predicted octanol–water partition coefficient (Wildman–Crippen LogP) is 3.48. The predicted molar refractivity (Wildman–Crippen MR) is 97.7 cm³/mol. The molecule has 1 saturated heterocycles. The monoisotopic (exact) mass is 322 g/mol. The van der Waals surface area contributed by atoms with Gasteiger partial charge in [-0.2, -0.15) is 0 Å². The van der Waals surface area contributed by atoms with Gasteiger partial charge in [0.2, 0.25) is 5.91 Å². The Morgan fingerprint density at radius 3 is 2.42 bits per heavy atom. The molecule has 1 aliphatic heterocycles. The Morgan fingerprint density at radius 2 is 1.71 bits per heavy atom. The molecule has 0 saturated carbocycles. The van der Waals surface area contributed by atoms with Gasteiger partial charge in [-0.25, -0.2) is 0 Å². The first-order valence-corrected chi connectivity index (χ1v) is 8.87. The summed E-state index contributed by atoms with van der Waals surface area (Å²) in [7, 11) is 0. The number of benzene rings is 2. The molecule has 1 fully saturated rings. The smallest absolute Gasteiger partial charge is 0.222 e. The van der Waals surface area contributed by atoms with Crippen LogP contribution in [0.15, 0.2) is 54.6 Å². The molecule has 0 radical (unpaired) electrons. The minimum atomic E-state index is 0.285. The summed E-state index contributed by atoms with van der Waals surface area (Å²) in [4.78, 5) is 14.5. The lowest BCUT2D eigenvalue weighted by Gasteiger charge is -2.32. The molecule has 3 nitrogen and oxygen atoms in total. The molecule has 1 heterocycles. The van der Waals surface area contributed by atoms with Crippen molar-refractivity contribution in [3.63, 3.8) is 0 Å². The SMILES string of the molecule is NCc1cccc(C2CCN(C(=O)CCc3ccccc3)CC2)c1. The van der Waals surface area contributed by atoms with Crippen LogP contribution in [0.25, 0.3) is 0 Å². The number of amides is 1. The fraction of sp³-hybridized carbons (Fsp3) is 0.381. The molecule has 2 N–H and O–H groups in total. The van der Waals surface area contributed by atoms with E-state index in [0.717, 1.165) is 32.4 Å². The van der Waals surface area contributed by atoms with Gasteiger partial charge in [-0.05, 0) is 41.9 Å². The van der Waals surface area contributed by atoms with Crippen molar-refractivity contribution in [2.75, 3.05) is 13.1 Å². The second-order valence-corrected chi connectivity index (χ2v) is 6.59. The van der Waals surface area contributed by atoms with Gasteiger partial charge in [0, 0.05) is 26.1 Å². The van der Waals surface area contributed by atoms with E-state index in [-0.39, 0.29) is 5.91 Å². The lowest BCUT2D eigenvalue weighted by molar-refractivity contribution is -0.132. The van der Waals surface area contributed by atoms with Gasteiger partial charge in [-0.15, -0.1) is 0 Å². The summed E-state index contributed by atoms with van der Waals surface area (Å²) in [6, 6.07) is 18.8. The van der Waals surface area contributed by atoms with E-state index in [1.165, 1.54) is 16.7 Å². The largest absolute Gasteiger partial charge is 0.343 e. The van der Waals surface area contributed by atoms with E-state index < -0.39 is 0 Å². The number of aryl methyl sites for hydroxylation is 1. The molecule has 1 aliphatic rings. The summed E-state index contributed by atoms with van der Waals surface area (Å²) in [5, 5.41) is 0. The second kappa shape index (κ2) is 8.11. The zero-order valence-corrected chi connectivity index (χ0v) is 14.2. The van der Waals surface area contributed by atoms with Gasteiger partial charge < -0.3 is 10.6 Å². The summed E-state index contributed by atoms with van der Waals surface area (Å²) >= 11 is 0. The number of nitrogens with zero attached hydrogens (tertiary/aromatic N) is 1. The molecule has 3 heteroatoms. The average molecular weight is 322 g/mol. The maximum Gasteiger partial charge on any atom is 0.222 e. The number of piperidine rings is 1. The zero-order valence-electron chi connectivity index (χ0n) is 14.2. The molecule has 0 bridgehead atoms. The van der Waals surface area contributed by atoms with Crippen molar-refractivity contribution in [3.05, 3.63) is 71.3 Å². The molecule has 0 unspecified atom stereocenters. The standard InChI is InChI=1S/C21H26N2O/c22-16-18-7-4-8-20(15-18)19-11-13-23(14-12-19)21(24)10-9-17-5-2-1-3-6-17/h1-8,15,19H,9-14,16,22H2. The zero-order chi connectivity index (χ0) is 16.8. The van der Waals surface area contributed by atoms with E-state index in [1.807, 2.05) is 23.1 Å². The molecule has 2 aromatic rings. The Bertz CT molecular complexity index is 661. The van der Waals surface area contributed by atoms with Crippen molar-refractivity contribution >= 4 is 5.91 Å². The molecule has 24 heavy (non-hydrogen) atoms. The maximum atomic E-state index is 12.4. The van der Waals surface area contributed by atoms with Crippen LogP contribution in [-0.2, 0) is 17.8 Å². The minimum Gasteiger partial charge on any atom is -0.343 e. The third-order valence-corrected chi connectivity index (χ3v) is 4.98. The fourth-order valence-corrected chi connectivity index (χ4v) is 3.49. The first kappa shape index (κ1) is 16.7. The minimum absolute atomic E-state index is 0.285. The van der Waals surface area contributed by atoms with Crippen LogP contribution in [0, 0.1) is 0 Å². The quantitative estimate of drug-likeness (QED) is 0.916. The normalized spacial score (nSPS) is 15.5. The molecule has 0 aromatic heterocycles. The number of rotatable bonds is 5. The molecule has 126 valence electrons. The Balaban J connectivity index is 1.50. The van der Waals surface area contributed by atoms with Crippen LogP contribution in [0.4, 0.5) is 0 Å². The van der Waals surface area contributed by atoms with Crippen LogP contribution < -0.4 is 5.73 Å². The highest BCUT2D eigenvalue weighted by Crippen LogP contribution is 2.28. The van der Waals surface area contributed by atoms with E-state index >= 15 is 0 Å². The average Bonchev–Trinajstić information content (AvgIpc) is 2.67. The third kappa shape index (κ3) is 4.24. The van der Waals surface area contributed by atoms with Crippen molar-refractivity contribution in [3.8, 4) is 0 Å². The molecular weight excluding hydrogens is 296 g/mol. The van der Waals surface area contributed by atoms with Crippen molar-refractivity contribution in [2.45, 2.75) is 38.1 Å². The fourth-order valence-electron chi connectivity index (χ4n) is 3.49. The van der Waals surface area contributed by atoms with Crippen LogP contribution in [0.2, 0.25) is 0 Å². The number of carbonyl (C=O) groups excluding carboxylic acids is 1. The highest BCUT2D eigenvalue weighted by molar-refractivity contribution is 5.76. The van der Waals surface area contributed by atoms with E-state index in [4.69, 9.17) is 5.73 Å². The van der Waals surface area contributed by atoms with Crippen LogP contribution in [0.1, 0.15) is 41.9 Å². The summed E-state index contributed by atoms with van der Waals surface area (Å²) in [5.41, 5.74) is 9.53. The van der Waals surface area contributed by atoms with Crippen molar-refractivity contribution in [2.24, 2.45) is 5.73 Å². The van der Waals surface area contributed by atoms with E-state index in [1.54, 1.807) is 0 Å². The van der Waals surface area contributed by atoms with E-state index in [9.17, 15) is 4.79 Å². The van der Waals surface area contributed by atoms with Gasteiger partial charge in [-0.1, -0.05) is 54.6 Å². The Kier molecular flexibility index (Phi) is 5.65. The molecule has 3 rings (SSSR count). The van der Waals surface area contributed by atoms with Crippen LogP contribution in [-0.4, -0.2) is 23.9 Å². The van der Waals surface area contributed by atoms with Crippen LogP contribution in [0.5, 0.6) is 0 Å². The van der Waals surface area contributed by atoms with Gasteiger partial charge in [0.05, 0.1) is 0 Å². The first-order valence-electron chi connectivity index (χ1n) is 8.87. The van der Waals surface area contributed by atoms with Crippen LogP contribution >= 0.6 is 0 Å². The summed E-state index contributed by atoms with van der Waals surface area (Å²) < 4.78 is 0. The topological polar surface area (TPSA) is 46.3 Å². The Labute approximate surface area is 144 Å². The van der Waals surface area contributed by atoms with Crippen molar-refractivity contribution < 1.29 is 4.79 Å². The summed E-state index contributed by atoms with van der Waals surface area (Å²) in [6.07, 6.45) is 3.53. The van der Waals surface area contributed by atoms with Crippen LogP contribution in [0.3, 0.4) is 0 Å². The lowest BCUT2D eigenvalue weighted by atomic mass is 9.88. The van der Waals surface area contributed by atoms with Gasteiger partial charge in [-0.3, -0.25) is 4.79 Å². The van der Waals surface area contributed by atoms with Gasteiger partial charge in [0.1, 0.15) is 0 Å². The molecule has 1 amide bonds. The highest BCUT2D eigenvalue weighted by Gasteiger charge is 2.23. The second-order valence-electron chi connectivity index (χ2n) is 6.59. The van der Waals surface area contributed by atoms with E-state index in [0.29, 0.717) is 18.9 Å².